The highest BCUT2D eigenvalue weighted by molar-refractivity contribution is 7.89. The zero-order chi connectivity index (χ0) is 26.4. The molecule has 2 saturated heterocycles. The molecule has 2 aliphatic rings. The summed E-state index contributed by atoms with van der Waals surface area (Å²) >= 11 is 0. The van der Waals surface area contributed by atoms with Crippen molar-refractivity contribution in [2.24, 2.45) is 0 Å². The second-order valence-electron chi connectivity index (χ2n) is 9.19. The first-order valence-corrected chi connectivity index (χ1v) is 13.7. The number of fused-ring (bicyclic) bond motifs is 2. The maximum Gasteiger partial charge on any atom is 0.341 e. The number of aromatic nitrogens is 7. The molecule has 198 valence electrons. The van der Waals surface area contributed by atoms with Gasteiger partial charge in [-0.3, -0.25) is 4.98 Å². The number of benzene rings is 2. The van der Waals surface area contributed by atoms with Gasteiger partial charge < -0.3 is 18.8 Å². The molecule has 0 saturated carbocycles. The van der Waals surface area contributed by atoms with E-state index in [9.17, 15) is 8.42 Å². The predicted molar refractivity (Wildman–Crippen MR) is 136 cm³/mol. The van der Waals surface area contributed by atoms with Gasteiger partial charge in [0, 0.05) is 29.7 Å². The van der Waals surface area contributed by atoms with Crippen molar-refractivity contribution in [3.8, 4) is 17.4 Å². The van der Waals surface area contributed by atoms with E-state index in [-0.39, 0.29) is 24.1 Å². The van der Waals surface area contributed by atoms with Gasteiger partial charge in [0.05, 0.1) is 31.1 Å². The number of pyridine rings is 1. The Morgan fingerprint density at radius 1 is 0.974 bits per heavy atom. The normalized spacial score (nSPS) is 22.8. The monoisotopic (exact) mass is 546 g/mol. The lowest BCUT2D eigenvalue weighted by Crippen LogP contribution is -2.44. The number of nitrogens with one attached hydrogen (secondary N) is 1. The Morgan fingerprint density at radius 3 is 2.67 bits per heavy atom. The van der Waals surface area contributed by atoms with Crippen LogP contribution < -0.4 is 9.46 Å². The fourth-order valence-electron chi connectivity index (χ4n) is 5.01. The molecular weight excluding hydrogens is 524 g/mol. The Bertz CT molecular complexity index is 1720. The number of imidazole rings is 1. The molecule has 2 aromatic carbocycles. The minimum atomic E-state index is -3.90. The maximum atomic E-state index is 13.3. The topological polar surface area (TPSA) is 148 Å². The molecule has 0 amide bonds. The van der Waals surface area contributed by atoms with E-state index in [1.165, 1.54) is 10.7 Å². The molecule has 0 aliphatic carbocycles. The second kappa shape index (κ2) is 9.50. The lowest BCUT2D eigenvalue weighted by molar-refractivity contribution is 0.0615. The van der Waals surface area contributed by atoms with Crippen molar-refractivity contribution >= 4 is 20.9 Å². The van der Waals surface area contributed by atoms with E-state index in [1.807, 2.05) is 35.0 Å². The van der Waals surface area contributed by atoms with Crippen LogP contribution in [-0.4, -0.2) is 74.6 Å². The van der Waals surface area contributed by atoms with Gasteiger partial charge in [0.25, 0.3) is 0 Å². The SMILES string of the molecule is O=S(=O)(N[C@H]1CO[C@H]2[C@@H]1OC[C@@H]2n1nnnc1Oc1ccc(-n2ccnc2)cc1)c1cccc2cccnc12. The van der Waals surface area contributed by atoms with Gasteiger partial charge in [0.1, 0.15) is 28.9 Å². The summed E-state index contributed by atoms with van der Waals surface area (Å²) in [5.74, 6) is 0.548. The van der Waals surface area contributed by atoms with Crippen LogP contribution in [0.15, 0.2) is 84.4 Å². The summed E-state index contributed by atoms with van der Waals surface area (Å²) < 4.78 is 50.8. The zero-order valence-electron chi connectivity index (χ0n) is 20.3. The molecule has 1 N–H and O–H groups in total. The number of sulfonamides is 1. The Hall–Kier alpha value is -4.24. The predicted octanol–water partition coefficient (Wildman–Crippen LogP) is 1.89. The molecule has 5 aromatic rings. The van der Waals surface area contributed by atoms with Crippen LogP contribution in [0.1, 0.15) is 6.04 Å². The van der Waals surface area contributed by atoms with Crippen molar-refractivity contribution in [2.45, 2.75) is 29.2 Å². The number of nitrogens with zero attached hydrogens (tertiary/aromatic N) is 7. The summed E-state index contributed by atoms with van der Waals surface area (Å²) in [7, 11) is -3.90. The molecule has 0 unspecified atom stereocenters. The number of hydrogen-bond acceptors (Lipinski definition) is 10. The van der Waals surface area contributed by atoms with Crippen molar-refractivity contribution in [1.29, 1.82) is 0 Å². The molecule has 2 fully saturated rings. The summed E-state index contributed by atoms with van der Waals surface area (Å²) in [5.41, 5.74) is 1.33. The second-order valence-corrected chi connectivity index (χ2v) is 10.9. The molecule has 0 bridgehead atoms. The third-order valence-corrected chi connectivity index (χ3v) is 8.37. The molecule has 2 aliphatic heterocycles. The van der Waals surface area contributed by atoms with Gasteiger partial charge in [0.2, 0.25) is 10.0 Å². The number of tetrazole rings is 1. The van der Waals surface area contributed by atoms with Gasteiger partial charge in [-0.05, 0) is 46.8 Å². The molecular formula is C25H22N8O5S. The Morgan fingerprint density at radius 2 is 1.82 bits per heavy atom. The Kier molecular flexibility index (Phi) is 5.81. The fraction of sp³-hybridized carbons (Fsp3) is 0.240. The largest absolute Gasteiger partial charge is 0.423 e. The quantitative estimate of drug-likeness (QED) is 0.321. The Labute approximate surface area is 222 Å². The molecule has 0 radical (unpaired) electrons. The highest BCUT2D eigenvalue weighted by Gasteiger charge is 2.51. The minimum Gasteiger partial charge on any atom is -0.423 e. The molecule has 13 nitrogen and oxygen atoms in total. The smallest absolute Gasteiger partial charge is 0.341 e. The van der Waals surface area contributed by atoms with Crippen molar-refractivity contribution in [2.75, 3.05) is 13.2 Å². The van der Waals surface area contributed by atoms with E-state index in [1.54, 1.807) is 43.0 Å². The van der Waals surface area contributed by atoms with Crippen molar-refractivity contribution in [3.63, 3.8) is 0 Å². The average molecular weight is 547 g/mol. The third kappa shape index (κ3) is 4.32. The number of hydrogen-bond donors (Lipinski definition) is 1. The zero-order valence-corrected chi connectivity index (χ0v) is 21.1. The standard InChI is InChI=1S/C25H22N8O5S/c34-39(35,21-5-1-3-16-4-2-10-27-22(16)21)29-19-13-36-24-20(14-37-23(19)24)33-25(28-30-31-33)38-18-8-6-17(7-9-18)32-12-11-26-15-32/h1-12,15,19-20,23-24,29H,13-14H2/t19-,20-,23+,24+/m0/s1. The van der Waals surface area contributed by atoms with Gasteiger partial charge >= 0.3 is 6.01 Å². The van der Waals surface area contributed by atoms with Crippen LogP contribution in [0, 0.1) is 0 Å². The lowest BCUT2D eigenvalue weighted by Gasteiger charge is -2.18. The number of para-hydroxylation sites is 1. The van der Waals surface area contributed by atoms with Crippen LogP contribution in [-0.2, 0) is 19.5 Å². The van der Waals surface area contributed by atoms with Gasteiger partial charge in [-0.15, -0.1) is 0 Å². The molecule has 14 heteroatoms. The first kappa shape index (κ1) is 23.8. The number of rotatable bonds is 7. The molecule has 3 aromatic heterocycles. The van der Waals surface area contributed by atoms with Crippen LogP contribution in [0.3, 0.4) is 0 Å². The van der Waals surface area contributed by atoms with Gasteiger partial charge in [-0.25, -0.2) is 18.1 Å². The van der Waals surface area contributed by atoms with Crippen LogP contribution in [0.5, 0.6) is 11.8 Å². The summed E-state index contributed by atoms with van der Waals surface area (Å²) in [5, 5.41) is 12.6. The van der Waals surface area contributed by atoms with Gasteiger partial charge in [-0.1, -0.05) is 23.3 Å². The summed E-state index contributed by atoms with van der Waals surface area (Å²) in [6.07, 6.45) is 5.83. The fourth-order valence-corrected chi connectivity index (χ4v) is 6.42. The van der Waals surface area contributed by atoms with E-state index in [2.05, 4.69) is 30.2 Å². The van der Waals surface area contributed by atoms with E-state index in [0.717, 1.165) is 11.1 Å². The van der Waals surface area contributed by atoms with Crippen LogP contribution in [0.25, 0.3) is 16.6 Å². The summed E-state index contributed by atoms with van der Waals surface area (Å²) in [6, 6.07) is 15.2. The molecule has 4 atom stereocenters. The van der Waals surface area contributed by atoms with E-state index in [0.29, 0.717) is 11.3 Å². The highest BCUT2D eigenvalue weighted by Crippen LogP contribution is 2.36. The molecule has 7 rings (SSSR count). The van der Waals surface area contributed by atoms with Gasteiger partial charge in [0.15, 0.2) is 0 Å². The average Bonchev–Trinajstić information content (AvgIpc) is 3.76. The minimum absolute atomic E-state index is 0.105. The highest BCUT2D eigenvalue weighted by atomic mass is 32.2. The third-order valence-electron chi connectivity index (χ3n) is 6.84. The van der Waals surface area contributed by atoms with Crippen molar-refractivity contribution in [1.82, 2.24) is 39.5 Å². The van der Waals surface area contributed by atoms with E-state index >= 15 is 0 Å². The molecule has 0 spiro atoms. The van der Waals surface area contributed by atoms with E-state index < -0.39 is 34.3 Å². The van der Waals surface area contributed by atoms with Crippen LogP contribution in [0.2, 0.25) is 0 Å². The Balaban J connectivity index is 1.07. The summed E-state index contributed by atoms with van der Waals surface area (Å²) in [6.45, 7) is 0.363. The van der Waals surface area contributed by atoms with Crippen LogP contribution >= 0.6 is 0 Å². The van der Waals surface area contributed by atoms with E-state index in [4.69, 9.17) is 14.2 Å². The van der Waals surface area contributed by atoms with Gasteiger partial charge in [-0.2, -0.15) is 4.68 Å². The maximum absolute atomic E-state index is 13.3. The first-order chi connectivity index (χ1) is 19.1. The number of ether oxygens (including phenoxy) is 3. The lowest BCUT2D eigenvalue weighted by atomic mass is 10.1. The van der Waals surface area contributed by atoms with Crippen molar-refractivity contribution < 1.29 is 22.6 Å². The summed E-state index contributed by atoms with van der Waals surface area (Å²) in [4.78, 5) is 8.43. The first-order valence-electron chi connectivity index (χ1n) is 12.2. The van der Waals surface area contributed by atoms with Crippen molar-refractivity contribution in [3.05, 3.63) is 79.5 Å². The molecule has 39 heavy (non-hydrogen) atoms. The van der Waals surface area contributed by atoms with Crippen LogP contribution in [0.4, 0.5) is 0 Å². The molecule has 5 heterocycles.